The number of nitrogens with one attached hydrogen (secondary N) is 1. The Kier molecular flexibility index (Phi) is 9.04. The van der Waals surface area contributed by atoms with Gasteiger partial charge in [-0.3, -0.25) is 14.2 Å². The van der Waals surface area contributed by atoms with Gasteiger partial charge < -0.3 is 24.6 Å². The van der Waals surface area contributed by atoms with Crippen LogP contribution in [0, 0.1) is 0 Å². The summed E-state index contributed by atoms with van der Waals surface area (Å²) in [6.45, 7) is 1.94. The average Bonchev–Trinajstić information content (AvgIpc) is 2.71. The molecule has 0 aliphatic carbocycles. The number of aliphatic hydroxyl groups is 3. The van der Waals surface area contributed by atoms with Gasteiger partial charge in [0.2, 0.25) is 0 Å². The van der Waals surface area contributed by atoms with Crippen molar-refractivity contribution < 1.29 is 38.5 Å². The maximum absolute atomic E-state index is 13.2. The zero-order valence-corrected chi connectivity index (χ0v) is 17.4. The van der Waals surface area contributed by atoms with Gasteiger partial charge in [0.25, 0.3) is 0 Å². The third-order valence-corrected chi connectivity index (χ3v) is 6.05. The smallest absolute Gasteiger partial charge is 0.459 e. The molecule has 164 valence electrons. The lowest BCUT2D eigenvalue weighted by atomic mass is 9.94. The van der Waals surface area contributed by atoms with Crippen molar-refractivity contribution in [2.24, 2.45) is 0 Å². The number of aliphatic hydroxyl groups excluding tert-OH is 3. The number of benzene rings is 1. The SMILES string of the molecule is CCCN1CC(O)[C@@H](O)C(O)C1COP(=O)(NCC(=O)OC)Oc1ccccc1. The molecule has 0 aromatic heterocycles. The fraction of sp³-hybridized carbons (Fsp3) is 0.611. The largest absolute Gasteiger partial charge is 0.468 e. The molecule has 1 fully saturated rings. The van der Waals surface area contributed by atoms with Gasteiger partial charge >= 0.3 is 13.7 Å². The van der Waals surface area contributed by atoms with E-state index in [9.17, 15) is 24.7 Å². The minimum Gasteiger partial charge on any atom is -0.468 e. The molecule has 1 aliphatic rings. The second-order valence-electron chi connectivity index (χ2n) is 6.72. The average molecular weight is 432 g/mol. The second kappa shape index (κ2) is 11.0. The van der Waals surface area contributed by atoms with Crippen molar-refractivity contribution in [3.8, 4) is 5.75 Å². The molecule has 5 atom stereocenters. The number of methoxy groups -OCH3 is 1. The minimum absolute atomic E-state index is 0.138. The van der Waals surface area contributed by atoms with Crippen molar-refractivity contribution in [2.45, 2.75) is 37.7 Å². The van der Waals surface area contributed by atoms with Crippen LogP contribution in [0.25, 0.3) is 0 Å². The van der Waals surface area contributed by atoms with Gasteiger partial charge in [-0.1, -0.05) is 25.1 Å². The lowest BCUT2D eigenvalue weighted by molar-refractivity contribution is -0.143. The summed E-state index contributed by atoms with van der Waals surface area (Å²) in [5.74, 6) is -0.396. The summed E-state index contributed by atoms with van der Waals surface area (Å²) >= 11 is 0. The molecule has 11 heteroatoms. The van der Waals surface area contributed by atoms with Crippen LogP contribution in [0.5, 0.6) is 5.75 Å². The standard InChI is InChI=1S/C18H29N2O8P/c1-3-9-20-11-15(21)18(24)17(23)14(20)12-27-29(25,19-10-16(22)26-2)28-13-7-5-4-6-8-13/h4-8,14-15,17-18,21,23-24H,3,9-12H2,1-2H3,(H,19,25)/t14?,15?,17?,18-,29?/m1/s1. The molecule has 0 radical (unpaired) electrons. The Balaban J connectivity index is 2.13. The number of ether oxygens (including phenoxy) is 1. The summed E-state index contributed by atoms with van der Waals surface area (Å²) in [7, 11) is -2.82. The fourth-order valence-corrected chi connectivity index (χ4v) is 4.32. The van der Waals surface area contributed by atoms with Crippen LogP contribution < -0.4 is 9.61 Å². The van der Waals surface area contributed by atoms with Crippen LogP contribution in [0.4, 0.5) is 0 Å². The molecule has 0 spiro atoms. The second-order valence-corrected chi connectivity index (χ2v) is 8.47. The lowest BCUT2D eigenvalue weighted by Gasteiger charge is -2.43. The van der Waals surface area contributed by atoms with Gasteiger partial charge in [-0.15, -0.1) is 0 Å². The predicted octanol–water partition coefficient (Wildman–Crippen LogP) is 0.130. The molecule has 0 bridgehead atoms. The topological polar surface area (TPSA) is 138 Å². The van der Waals surface area contributed by atoms with Gasteiger partial charge in [0.05, 0.1) is 25.9 Å². The van der Waals surface area contributed by atoms with Crippen molar-refractivity contribution in [3.63, 3.8) is 0 Å². The van der Waals surface area contributed by atoms with Crippen LogP contribution in [0.2, 0.25) is 0 Å². The van der Waals surface area contributed by atoms with Gasteiger partial charge in [0.15, 0.2) is 0 Å². The van der Waals surface area contributed by atoms with Crippen LogP contribution >= 0.6 is 7.75 Å². The van der Waals surface area contributed by atoms with Gasteiger partial charge in [0.1, 0.15) is 24.5 Å². The third-order valence-electron chi connectivity index (χ3n) is 4.57. The number of hydrogen-bond donors (Lipinski definition) is 4. The number of piperidine rings is 1. The molecule has 1 heterocycles. The highest BCUT2D eigenvalue weighted by Crippen LogP contribution is 2.44. The predicted molar refractivity (Wildman–Crippen MR) is 104 cm³/mol. The number of hydrogen-bond acceptors (Lipinski definition) is 9. The Morgan fingerprint density at radius 1 is 1.24 bits per heavy atom. The lowest BCUT2D eigenvalue weighted by Crippen LogP contribution is -2.62. The first-order valence-corrected chi connectivity index (χ1v) is 10.9. The van der Waals surface area contributed by atoms with Crippen molar-refractivity contribution >= 4 is 13.7 Å². The first-order chi connectivity index (χ1) is 13.8. The zero-order valence-electron chi connectivity index (χ0n) is 16.5. The first kappa shape index (κ1) is 23.8. The molecule has 1 aliphatic heterocycles. The molecule has 0 amide bonds. The Morgan fingerprint density at radius 2 is 1.93 bits per heavy atom. The number of nitrogens with zero attached hydrogens (tertiary/aromatic N) is 1. The van der Waals surface area contributed by atoms with E-state index in [1.807, 2.05) is 6.92 Å². The monoisotopic (exact) mass is 432 g/mol. The van der Waals surface area contributed by atoms with Gasteiger partial charge in [-0.05, 0) is 25.1 Å². The number of rotatable bonds is 10. The normalized spacial score (nSPS) is 27.2. The summed E-state index contributed by atoms with van der Waals surface area (Å²) in [5, 5.41) is 32.8. The van der Waals surface area contributed by atoms with E-state index >= 15 is 0 Å². The molecule has 0 saturated carbocycles. The molecule has 1 aromatic carbocycles. The van der Waals surface area contributed by atoms with E-state index in [4.69, 9.17) is 9.05 Å². The van der Waals surface area contributed by atoms with Crippen LogP contribution in [0.1, 0.15) is 13.3 Å². The molecule has 4 unspecified atom stereocenters. The van der Waals surface area contributed by atoms with Gasteiger partial charge in [-0.25, -0.2) is 9.65 Å². The van der Waals surface area contributed by atoms with E-state index in [1.165, 1.54) is 7.11 Å². The number of esters is 1. The van der Waals surface area contributed by atoms with E-state index in [0.717, 1.165) is 6.42 Å². The number of carbonyl (C=O) groups is 1. The number of para-hydroxylation sites is 1. The Morgan fingerprint density at radius 3 is 2.55 bits per heavy atom. The zero-order chi connectivity index (χ0) is 21.4. The molecule has 29 heavy (non-hydrogen) atoms. The molecule has 2 rings (SSSR count). The first-order valence-electron chi connectivity index (χ1n) is 9.39. The molecule has 10 nitrogen and oxygen atoms in total. The van der Waals surface area contributed by atoms with Crippen LogP contribution in [-0.2, 0) is 18.6 Å². The summed E-state index contributed by atoms with van der Waals surface area (Å²) in [4.78, 5) is 13.2. The van der Waals surface area contributed by atoms with E-state index in [2.05, 4.69) is 9.82 Å². The summed E-state index contributed by atoms with van der Waals surface area (Å²) in [5.41, 5.74) is 0. The quantitative estimate of drug-likeness (QED) is 0.298. The number of carbonyl (C=O) groups excluding carboxylic acids is 1. The molecule has 1 saturated heterocycles. The molecule has 1 aromatic rings. The molecular weight excluding hydrogens is 403 g/mol. The molecular formula is C18H29N2O8P. The Hall–Kier alpha value is -1.52. The highest BCUT2D eigenvalue weighted by Gasteiger charge is 2.42. The highest BCUT2D eigenvalue weighted by molar-refractivity contribution is 7.52. The van der Waals surface area contributed by atoms with E-state index in [-0.39, 0.29) is 18.9 Å². The third kappa shape index (κ3) is 6.75. The van der Waals surface area contributed by atoms with Crippen molar-refractivity contribution in [1.82, 2.24) is 9.99 Å². The highest BCUT2D eigenvalue weighted by atomic mass is 31.2. The van der Waals surface area contributed by atoms with Crippen molar-refractivity contribution in [2.75, 3.05) is 33.4 Å². The van der Waals surface area contributed by atoms with Crippen LogP contribution in [-0.4, -0.2) is 83.9 Å². The van der Waals surface area contributed by atoms with Crippen LogP contribution in [0.3, 0.4) is 0 Å². The van der Waals surface area contributed by atoms with E-state index < -0.39 is 44.6 Å². The maximum atomic E-state index is 13.2. The number of likely N-dealkylation sites (tertiary alicyclic amines) is 1. The Bertz CT molecular complexity index is 692. The van der Waals surface area contributed by atoms with Gasteiger partial charge in [-0.2, -0.15) is 0 Å². The fourth-order valence-electron chi connectivity index (χ4n) is 3.04. The summed E-state index contributed by atoms with van der Waals surface area (Å²) in [6.07, 6.45) is -3.02. The van der Waals surface area contributed by atoms with E-state index in [1.54, 1.807) is 35.2 Å². The van der Waals surface area contributed by atoms with Crippen LogP contribution in [0.15, 0.2) is 30.3 Å². The summed E-state index contributed by atoms with van der Waals surface area (Å²) in [6, 6.07) is 7.57. The molecule has 4 N–H and O–H groups in total. The minimum atomic E-state index is -4.01. The van der Waals surface area contributed by atoms with E-state index in [0.29, 0.717) is 6.54 Å². The number of β-amino-alcohol motifs (C(OH)–C–C–N with tert-alkyl or cyclic N) is 1. The van der Waals surface area contributed by atoms with Gasteiger partial charge in [0, 0.05) is 6.54 Å². The maximum Gasteiger partial charge on any atom is 0.459 e. The Labute approximate surface area is 170 Å². The van der Waals surface area contributed by atoms with Crippen molar-refractivity contribution in [3.05, 3.63) is 30.3 Å². The summed E-state index contributed by atoms with van der Waals surface area (Å²) < 4.78 is 28.7. The van der Waals surface area contributed by atoms with Crippen molar-refractivity contribution in [1.29, 1.82) is 0 Å².